The van der Waals surface area contributed by atoms with Crippen LogP contribution in [0.15, 0.2) is 12.1 Å². The largest absolute Gasteiger partial charge is 0.349 e. The zero-order valence-electron chi connectivity index (χ0n) is 15.1. The SMILES string of the molecule is CC(C)(C)c1ccc(N2C3CCC2CC(C(C)(C)C)C3)nn1. The smallest absolute Gasteiger partial charge is 0.151 e. The molecule has 3 heterocycles. The number of nitrogens with zero attached hydrogens (tertiary/aromatic N) is 3. The van der Waals surface area contributed by atoms with E-state index in [2.05, 4.69) is 68.8 Å². The van der Waals surface area contributed by atoms with Crippen molar-refractivity contribution in [2.45, 2.75) is 84.7 Å². The Labute approximate surface area is 135 Å². The summed E-state index contributed by atoms with van der Waals surface area (Å²) in [4.78, 5) is 2.57. The third-order valence-corrected chi connectivity index (χ3v) is 5.64. The van der Waals surface area contributed by atoms with Crippen molar-refractivity contribution in [3.05, 3.63) is 17.8 Å². The fourth-order valence-electron chi connectivity index (χ4n) is 4.12. The average Bonchev–Trinajstić information content (AvgIpc) is 2.66. The molecule has 2 aliphatic heterocycles. The normalized spacial score (nSPS) is 29.0. The second kappa shape index (κ2) is 5.21. The molecule has 22 heavy (non-hydrogen) atoms. The standard InChI is InChI=1S/C19H31N3/c1-18(2,3)13-11-14-7-8-15(12-13)22(14)17-10-9-16(20-21-17)19(4,5)6/h9-10,13-15H,7-8,11-12H2,1-6H3. The van der Waals surface area contributed by atoms with E-state index in [4.69, 9.17) is 0 Å². The highest BCUT2D eigenvalue weighted by Crippen LogP contribution is 2.46. The summed E-state index contributed by atoms with van der Waals surface area (Å²) in [5, 5.41) is 9.07. The van der Waals surface area contributed by atoms with Gasteiger partial charge in [-0.1, -0.05) is 41.5 Å². The van der Waals surface area contributed by atoms with E-state index in [1.807, 2.05) is 0 Å². The lowest BCUT2D eigenvalue weighted by Gasteiger charge is -2.44. The van der Waals surface area contributed by atoms with Crippen molar-refractivity contribution < 1.29 is 0 Å². The van der Waals surface area contributed by atoms with Crippen LogP contribution in [-0.4, -0.2) is 22.3 Å². The van der Waals surface area contributed by atoms with Crippen LogP contribution in [-0.2, 0) is 5.41 Å². The molecule has 0 aromatic carbocycles. The minimum atomic E-state index is 0.0732. The monoisotopic (exact) mass is 301 g/mol. The third-order valence-electron chi connectivity index (χ3n) is 5.64. The van der Waals surface area contributed by atoms with Gasteiger partial charge in [-0.05, 0) is 49.1 Å². The van der Waals surface area contributed by atoms with Gasteiger partial charge in [0, 0.05) is 17.5 Å². The zero-order valence-corrected chi connectivity index (χ0v) is 15.1. The maximum Gasteiger partial charge on any atom is 0.151 e. The quantitative estimate of drug-likeness (QED) is 0.761. The Bertz CT molecular complexity index is 507. The summed E-state index contributed by atoms with van der Waals surface area (Å²) >= 11 is 0. The number of rotatable bonds is 1. The summed E-state index contributed by atoms with van der Waals surface area (Å²) in [6.07, 6.45) is 5.26. The first-order valence-electron chi connectivity index (χ1n) is 8.79. The molecule has 3 heteroatoms. The minimum absolute atomic E-state index is 0.0732. The summed E-state index contributed by atoms with van der Waals surface area (Å²) < 4.78 is 0. The van der Waals surface area contributed by atoms with Gasteiger partial charge in [-0.25, -0.2) is 0 Å². The van der Waals surface area contributed by atoms with Gasteiger partial charge in [0.1, 0.15) is 0 Å². The molecule has 0 amide bonds. The molecule has 2 fully saturated rings. The highest BCUT2D eigenvalue weighted by atomic mass is 15.3. The van der Waals surface area contributed by atoms with Gasteiger partial charge in [0.2, 0.25) is 0 Å². The van der Waals surface area contributed by atoms with Gasteiger partial charge in [-0.2, -0.15) is 5.10 Å². The second-order valence-electron chi connectivity index (χ2n) is 9.35. The van der Waals surface area contributed by atoms with Crippen LogP contribution in [0.5, 0.6) is 0 Å². The van der Waals surface area contributed by atoms with Crippen LogP contribution in [0.1, 0.15) is 72.9 Å². The van der Waals surface area contributed by atoms with E-state index >= 15 is 0 Å². The molecular formula is C19H31N3. The number of hydrogen-bond donors (Lipinski definition) is 0. The van der Waals surface area contributed by atoms with E-state index in [-0.39, 0.29) is 5.41 Å². The van der Waals surface area contributed by atoms with Crippen LogP contribution >= 0.6 is 0 Å². The van der Waals surface area contributed by atoms with Gasteiger partial charge in [0.25, 0.3) is 0 Å². The van der Waals surface area contributed by atoms with E-state index in [1.165, 1.54) is 25.7 Å². The molecule has 0 saturated carbocycles. The number of anilines is 1. The first kappa shape index (κ1) is 15.8. The van der Waals surface area contributed by atoms with Crippen molar-refractivity contribution in [2.24, 2.45) is 11.3 Å². The third kappa shape index (κ3) is 2.87. The molecule has 122 valence electrons. The summed E-state index contributed by atoms with van der Waals surface area (Å²) in [5.41, 5.74) is 1.58. The Morgan fingerprint density at radius 1 is 0.909 bits per heavy atom. The summed E-state index contributed by atoms with van der Waals surface area (Å²) in [7, 11) is 0. The molecule has 2 unspecified atom stereocenters. The fourth-order valence-corrected chi connectivity index (χ4v) is 4.12. The fraction of sp³-hybridized carbons (Fsp3) is 0.789. The van der Waals surface area contributed by atoms with Crippen LogP contribution in [0.2, 0.25) is 0 Å². The van der Waals surface area contributed by atoms with Gasteiger partial charge in [0.05, 0.1) is 5.69 Å². The number of aromatic nitrogens is 2. The molecule has 2 atom stereocenters. The number of hydrogen-bond acceptors (Lipinski definition) is 3. The Kier molecular flexibility index (Phi) is 3.73. The molecule has 3 rings (SSSR count). The van der Waals surface area contributed by atoms with E-state index in [0.717, 1.165) is 17.4 Å². The van der Waals surface area contributed by atoms with Crippen molar-refractivity contribution in [3.8, 4) is 0 Å². The zero-order chi connectivity index (χ0) is 16.1. The summed E-state index contributed by atoms with van der Waals surface area (Å²) in [6, 6.07) is 5.68. The Morgan fingerprint density at radius 2 is 1.50 bits per heavy atom. The summed E-state index contributed by atoms with van der Waals surface area (Å²) in [5.74, 6) is 1.93. The van der Waals surface area contributed by atoms with Gasteiger partial charge in [-0.15, -0.1) is 5.10 Å². The predicted octanol–water partition coefficient (Wildman–Crippen LogP) is 4.57. The van der Waals surface area contributed by atoms with E-state index in [0.29, 0.717) is 17.5 Å². The van der Waals surface area contributed by atoms with Crippen molar-refractivity contribution in [2.75, 3.05) is 4.90 Å². The molecule has 2 saturated heterocycles. The maximum absolute atomic E-state index is 4.57. The van der Waals surface area contributed by atoms with Crippen LogP contribution in [0.3, 0.4) is 0 Å². The summed E-state index contributed by atoms with van der Waals surface area (Å²) in [6.45, 7) is 13.7. The average molecular weight is 301 g/mol. The molecule has 3 nitrogen and oxygen atoms in total. The van der Waals surface area contributed by atoms with Crippen molar-refractivity contribution in [1.29, 1.82) is 0 Å². The minimum Gasteiger partial charge on any atom is -0.349 e. The Morgan fingerprint density at radius 3 is 1.91 bits per heavy atom. The molecule has 0 N–H and O–H groups in total. The van der Waals surface area contributed by atoms with Crippen LogP contribution in [0.25, 0.3) is 0 Å². The van der Waals surface area contributed by atoms with Gasteiger partial charge in [0.15, 0.2) is 5.82 Å². The molecule has 0 radical (unpaired) electrons. The van der Waals surface area contributed by atoms with E-state index in [1.54, 1.807) is 0 Å². The molecule has 1 aromatic rings. The molecule has 2 aliphatic rings. The highest BCUT2D eigenvalue weighted by molar-refractivity contribution is 5.43. The van der Waals surface area contributed by atoms with Crippen molar-refractivity contribution in [1.82, 2.24) is 10.2 Å². The van der Waals surface area contributed by atoms with E-state index < -0.39 is 0 Å². The maximum atomic E-state index is 4.57. The molecule has 2 bridgehead atoms. The lowest BCUT2D eigenvalue weighted by atomic mass is 9.73. The van der Waals surface area contributed by atoms with Crippen LogP contribution < -0.4 is 4.90 Å². The predicted molar refractivity (Wildman–Crippen MR) is 92.2 cm³/mol. The topological polar surface area (TPSA) is 29.0 Å². The first-order chi connectivity index (χ1) is 10.2. The lowest BCUT2D eigenvalue weighted by Crippen LogP contribution is -2.46. The van der Waals surface area contributed by atoms with E-state index in [9.17, 15) is 0 Å². The van der Waals surface area contributed by atoms with Gasteiger partial charge in [-0.3, -0.25) is 0 Å². The van der Waals surface area contributed by atoms with Gasteiger partial charge < -0.3 is 4.90 Å². The second-order valence-corrected chi connectivity index (χ2v) is 9.35. The number of fused-ring (bicyclic) bond motifs is 2. The molecular weight excluding hydrogens is 270 g/mol. The molecule has 0 spiro atoms. The van der Waals surface area contributed by atoms with Gasteiger partial charge >= 0.3 is 0 Å². The lowest BCUT2D eigenvalue weighted by molar-refractivity contribution is 0.173. The van der Waals surface area contributed by atoms with Crippen molar-refractivity contribution in [3.63, 3.8) is 0 Å². The van der Waals surface area contributed by atoms with Crippen LogP contribution in [0, 0.1) is 11.3 Å². The van der Waals surface area contributed by atoms with Crippen LogP contribution in [0.4, 0.5) is 5.82 Å². The molecule has 0 aliphatic carbocycles. The Balaban J connectivity index is 1.80. The molecule has 1 aromatic heterocycles. The highest BCUT2D eigenvalue weighted by Gasteiger charge is 2.44. The Hall–Kier alpha value is -1.12. The van der Waals surface area contributed by atoms with Crippen molar-refractivity contribution >= 4 is 5.82 Å². The first-order valence-corrected chi connectivity index (χ1v) is 8.79. The number of piperidine rings is 1.